The van der Waals surface area contributed by atoms with E-state index in [1.807, 2.05) is 33.8 Å². The van der Waals surface area contributed by atoms with Crippen molar-refractivity contribution in [3.63, 3.8) is 0 Å². The molecule has 3 heterocycles. The van der Waals surface area contributed by atoms with Crippen molar-refractivity contribution >= 4 is 34.4 Å². The molecule has 5 rings (SSSR count). The molecule has 36 heavy (non-hydrogen) atoms. The van der Waals surface area contributed by atoms with E-state index in [1.54, 1.807) is 21.2 Å². The number of piperazine rings is 1. The number of aromatic nitrogens is 2. The fraction of sp³-hybridized carbons (Fsp3) is 0.370. The summed E-state index contributed by atoms with van der Waals surface area (Å²) in [4.78, 5) is 35.0. The average Bonchev–Trinajstić information content (AvgIpc) is 2.82. The number of rotatable bonds is 3. The summed E-state index contributed by atoms with van der Waals surface area (Å²) in [6.07, 6.45) is 1.33. The molecule has 0 spiro atoms. The molecule has 2 aliphatic heterocycles. The molecule has 1 fully saturated rings. The van der Waals surface area contributed by atoms with Gasteiger partial charge in [0.05, 0.1) is 5.52 Å². The van der Waals surface area contributed by atoms with E-state index in [0.29, 0.717) is 35.8 Å². The van der Waals surface area contributed by atoms with Crippen LogP contribution in [0.25, 0.3) is 22.0 Å². The zero-order valence-corrected chi connectivity index (χ0v) is 21.5. The summed E-state index contributed by atoms with van der Waals surface area (Å²) in [5.41, 5.74) is 2.17. The van der Waals surface area contributed by atoms with Gasteiger partial charge >= 0.3 is 5.69 Å². The lowest BCUT2D eigenvalue weighted by molar-refractivity contribution is -0.130. The molecular formula is C27H28F2N4O2S. The number of hydrogen-bond acceptors (Lipinski definition) is 5. The van der Waals surface area contributed by atoms with Crippen LogP contribution in [0.2, 0.25) is 0 Å². The topological polar surface area (TPSA) is 58.4 Å². The number of aryl methyl sites for hydroxylation is 1. The Bertz CT molecular complexity index is 1460. The van der Waals surface area contributed by atoms with Crippen LogP contribution in [0.15, 0.2) is 46.6 Å². The molecule has 0 bridgehead atoms. The Balaban J connectivity index is 1.74. The van der Waals surface area contributed by atoms with Crippen molar-refractivity contribution in [3.05, 3.63) is 64.6 Å². The minimum atomic E-state index is -0.637. The van der Waals surface area contributed by atoms with E-state index in [4.69, 9.17) is 0 Å². The monoisotopic (exact) mass is 510 g/mol. The molecule has 6 nitrogen and oxygen atoms in total. The minimum Gasteiger partial charge on any atom is -0.352 e. The molecule has 3 aromatic rings. The van der Waals surface area contributed by atoms with Gasteiger partial charge in [-0.1, -0.05) is 6.58 Å². The van der Waals surface area contributed by atoms with Gasteiger partial charge in [-0.3, -0.25) is 9.36 Å². The van der Waals surface area contributed by atoms with E-state index >= 15 is 0 Å². The molecule has 2 aliphatic rings. The molecule has 9 heteroatoms. The Kier molecular flexibility index (Phi) is 6.14. The van der Waals surface area contributed by atoms with E-state index < -0.39 is 11.6 Å². The molecule has 188 valence electrons. The van der Waals surface area contributed by atoms with Gasteiger partial charge in [0.15, 0.2) is 0 Å². The second kappa shape index (κ2) is 9.03. The van der Waals surface area contributed by atoms with Crippen molar-refractivity contribution in [2.45, 2.75) is 50.7 Å². The first-order valence-electron chi connectivity index (χ1n) is 12.0. The summed E-state index contributed by atoms with van der Waals surface area (Å²) in [5, 5.41) is 0.815. The van der Waals surface area contributed by atoms with Crippen molar-refractivity contribution in [2.75, 3.05) is 23.7 Å². The summed E-state index contributed by atoms with van der Waals surface area (Å²) < 4.78 is 30.3. The third-order valence-electron chi connectivity index (χ3n) is 7.10. The van der Waals surface area contributed by atoms with E-state index in [9.17, 15) is 18.4 Å². The number of nitrogens with zero attached hydrogens (tertiary/aromatic N) is 4. The zero-order chi connectivity index (χ0) is 25.9. The second-order valence-corrected chi connectivity index (χ2v) is 10.7. The fourth-order valence-corrected chi connectivity index (χ4v) is 6.94. The summed E-state index contributed by atoms with van der Waals surface area (Å²) in [6, 6.07) is 5.25. The predicted octanol–water partition coefficient (Wildman–Crippen LogP) is 4.93. The lowest BCUT2D eigenvalue weighted by Crippen LogP contribution is -2.58. The third-order valence-corrected chi connectivity index (χ3v) is 8.43. The number of carbonyl (C=O) groups is 1. The minimum absolute atomic E-state index is 0.0902. The quantitative estimate of drug-likeness (QED) is 0.468. The Morgan fingerprint density at radius 3 is 2.47 bits per heavy atom. The van der Waals surface area contributed by atoms with Gasteiger partial charge in [0, 0.05) is 64.4 Å². The highest BCUT2D eigenvalue weighted by Gasteiger charge is 2.35. The van der Waals surface area contributed by atoms with Crippen LogP contribution in [-0.4, -0.2) is 51.3 Å². The van der Waals surface area contributed by atoms with Crippen LogP contribution in [0.4, 0.5) is 14.6 Å². The lowest BCUT2D eigenvalue weighted by atomic mass is 9.96. The Morgan fingerprint density at radius 2 is 1.83 bits per heavy atom. The van der Waals surface area contributed by atoms with Crippen LogP contribution >= 0.6 is 11.8 Å². The smallest absolute Gasteiger partial charge is 0.350 e. The highest BCUT2D eigenvalue weighted by atomic mass is 32.2. The van der Waals surface area contributed by atoms with Crippen molar-refractivity contribution in [3.8, 4) is 11.1 Å². The Morgan fingerprint density at radius 1 is 1.14 bits per heavy atom. The number of hydrogen-bond donors (Lipinski definition) is 0. The van der Waals surface area contributed by atoms with Gasteiger partial charge in [0.1, 0.15) is 17.5 Å². The molecule has 3 atom stereocenters. The number of carbonyl (C=O) groups excluding carboxylic acids is 1. The van der Waals surface area contributed by atoms with Gasteiger partial charge in [-0.05, 0) is 57.5 Å². The third kappa shape index (κ3) is 3.80. The molecule has 0 saturated carbocycles. The lowest BCUT2D eigenvalue weighted by Gasteiger charge is -2.45. The van der Waals surface area contributed by atoms with Gasteiger partial charge in [-0.15, -0.1) is 11.8 Å². The van der Waals surface area contributed by atoms with Crippen LogP contribution < -0.4 is 10.6 Å². The first-order valence-corrected chi connectivity index (χ1v) is 13.0. The van der Waals surface area contributed by atoms with Crippen molar-refractivity contribution in [1.29, 1.82) is 0 Å². The Hall–Kier alpha value is -3.20. The average molecular weight is 511 g/mol. The highest BCUT2D eigenvalue weighted by Crippen LogP contribution is 2.46. The number of halogens is 2. The number of thioether (sulfide) groups is 1. The standard InChI is InChI=1S/C27H28F2N4O2S/c1-6-22(34)32-15(3)11-31(12-16(32)4)26-20-9-14(2)23(19-8-7-18(28)10-21(19)29)25-24(20)33(27(35)30-26)17(5)13-36-25/h6-10,15-17H,1,11-13H2,2-5H3/t15-,16+,17-/m0/s1. The molecule has 1 amide bonds. The Labute approximate surface area is 212 Å². The summed E-state index contributed by atoms with van der Waals surface area (Å²) in [6.45, 7) is 12.5. The summed E-state index contributed by atoms with van der Waals surface area (Å²) in [5.74, 6) is -0.182. The molecule has 2 aromatic carbocycles. The second-order valence-electron chi connectivity index (χ2n) is 9.72. The summed E-state index contributed by atoms with van der Waals surface area (Å²) >= 11 is 1.58. The summed E-state index contributed by atoms with van der Waals surface area (Å²) in [7, 11) is 0. The first kappa shape index (κ1) is 24.5. The number of anilines is 1. The fourth-order valence-electron chi connectivity index (χ4n) is 5.62. The molecule has 0 N–H and O–H groups in total. The molecule has 0 aliphatic carbocycles. The maximum atomic E-state index is 14.9. The van der Waals surface area contributed by atoms with Crippen molar-refractivity contribution in [1.82, 2.24) is 14.5 Å². The van der Waals surface area contributed by atoms with Crippen molar-refractivity contribution in [2.24, 2.45) is 0 Å². The number of amides is 1. The van der Waals surface area contributed by atoms with E-state index in [0.717, 1.165) is 27.4 Å². The van der Waals surface area contributed by atoms with E-state index in [-0.39, 0.29) is 29.7 Å². The van der Waals surface area contributed by atoms with Crippen LogP contribution in [0.3, 0.4) is 0 Å². The first-order chi connectivity index (χ1) is 17.1. The normalized spacial score (nSPS) is 21.7. The molecular weight excluding hydrogens is 482 g/mol. The van der Waals surface area contributed by atoms with Gasteiger partial charge in [-0.2, -0.15) is 4.98 Å². The molecule has 0 radical (unpaired) electrons. The van der Waals surface area contributed by atoms with Crippen LogP contribution in [0.5, 0.6) is 0 Å². The maximum Gasteiger partial charge on any atom is 0.350 e. The SMILES string of the molecule is C=CC(=O)N1[C@H](C)CN(c2nc(=O)n3c4c(c(-c5ccc(F)cc5F)c(C)cc24)SC[C@@H]3C)C[C@@H]1C. The van der Waals surface area contributed by atoms with Gasteiger partial charge in [0.2, 0.25) is 5.91 Å². The molecule has 1 aromatic heterocycles. The maximum absolute atomic E-state index is 14.9. The zero-order valence-electron chi connectivity index (χ0n) is 20.7. The van der Waals surface area contributed by atoms with Gasteiger partial charge in [-0.25, -0.2) is 13.6 Å². The predicted molar refractivity (Wildman–Crippen MR) is 140 cm³/mol. The van der Waals surface area contributed by atoms with Crippen LogP contribution in [0, 0.1) is 18.6 Å². The molecule has 0 unspecified atom stereocenters. The van der Waals surface area contributed by atoms with Gasteiger partial charge < -0.3 is 9.80 Å². The van der Waals surface area contributed by atoms with Gasteiger partial charge in [0.25, 0.3) is 0 Å². The van der Waals surface area contributed by atoms with Crippen LogP contribution in [-0.2, 0) is 4.79 Å². The molecule has 1 saturated heterocycles. The van der Waals surface area contributed by atoms with Crippen molar-refractivity contribution < 1.29 is 13.6 Å². The van der Waals surface area contributed by atoms with E-state index in [1.165, 1.54) is 18.2 Å². The highest BCUT2D eigenvalue weighted by molar-refractivity contribution is 7.99. The number of benzene rings is 2. The van der Waals surface area contributed by atoms with E-state index in [2.05, 4.69) is 16.5 Å². The van der Waals surface area contributed by atoms with Crippen LogP contribution in [0.1, 0.15) is 32.4 Å². The largest absolute Gasteiger partial charge is 0.352 e.